The summed E-state index contributed by atoms with van der Waals surface area (Å²) in [5.74, 6) is 1.21. The number of anilines is 1. The maximum Gasteiger partial charge on any atom is 0.146 e. The third kappa shape index (κ3) is 2.48. The minimum absolute atomic E-state index is 0.0230. The van der Waals surface area contributed by atoms with E-state index in [1.807, 2.05) is 13.8 Å². The lowest BCUT2D eigenvalue weighted by atomic mass is 10.2. The summed E-state index contributed by atoms with van der Waals surface area (Å²) >= 11 is 0. The molecule has 2 aromatic rings. The minimum atomic E-state index is -0.0230. The van der Waals surface area contributed by atoms with Crippen molar-refractivity contribution < 1.29 is 9.47 Å². The average molecular weight is 278 g/mol. The predicted octanol–water partition coefficient (Wildman–Crippen LogP) is 1.60. The van der Waals surface area contributed by atoms with Crippen molar-refractivity contribution in [3.05, 3.63) is 17.1 Å². The highest BCUT2D eigenvalue weighted by Gasteiger charge is 2.18. The van der Waals surface area contributed by atoms with E-state index < -0.39 is 0 Å². The van der Waals surface area contributed by atoms with Crippen LogP contribution in [0.25, 0.3) is 11.0 Å². The molecule has 110 valence electrons. The Morgan fingerprint density at radius 3 is 2.50 bits per heavy atom. The zero-order chi connectivity index (χ0) is 14.9. The van der Waals surface area contributed by atoms with Gasteiger partial charge in [0.1, 0.15) is 17.3 Å². The van der Waals surface area contributed by atoms with E-state index in [-0.39, 0.29) is 6.10 Å². The summed E-state index contributed by atoms with van der Waals surface area (Å²) in [5.41, 5.74) is 9.15. The normalized spacial score (nSPS) is 13.1. The zero-order valence-electron chi connectivity index (χ0n) is 12.7. The van der Waals surface area contributed by atoms with Crippen LogP contribution in [0.4, 0.5) is 5.82 Å². The number of hydrogen-bond donors (Lipinski definition) is 1. The van der Waals surface area contributed by atoms with Crippen molar-refractivity contribution in [2.75, 3.05) is 26.6 Å². The number of nitrogens with zero attached hydrogens (tertiary/aromatic N) is 3. The fourth-order valence-corrected chi connectivity index (χ4v) is 2.48. The second-order valence-corrected chi connectivity index (χ2v) is 4.99. The van der Waals surface area contributed by atoms with Crippen LogP contribution in [0.2, 0.25) is 0 Å². The first-order chi connectivity index (χ1) is 9.49. The predicted molar refractivity (Wildman–Crippen MR) is 78.8 cm³/mol. The molecule has 0 spiro atoms. The van der Waals surface area contributed by atoms with Crippen LogP contribution in [0, 0.1) is 20.8 Å². The summed E-state index contributed by atoms with van der Waals surface area (Å²) in [7, 11) is 3.36. The molecule has 2 N–H and O–H groups in total. The molecule has 2 aromatic heterocycles. The van der Waals surface area contributed by atoms with E-state index in [1.54, 1.807) is 14.2 Å². The van der Waals surface area contributed by atoms with Crippen molar-refractivity contribution in [1.29, 1.82) is 0 Å². The smallest absolute Gasteiger partial charge is 0.146 e. The Balaban J connectivity index is 2.55. The molecule has 0 radical (unpaired) electrons. The molecule has 1 unspecified atom stereocenters. The molecule has 1 atom stereocenters. The van der Waals surface area contributed by atoms with Gasteiger partial charge in [-0.15, -0.1) is 0 Å². The number of aromatic nitrogens is 3. The first-order valence-electron chi connectivity index (χ1n) is 6.60. The molecule has 6 nitrogen and oxygen atoms in total. The lowest BCUT2D eigenvalue weighted by Gasteiger charge is -2.17. The highest BCUT2D eigenvalue weighted by atomic mass is 16.5. The minimum Gasteiger partial charge on any atom is -0.383 e. The summed E-state index contributed by atoms with van der Waals surface area (Å²) in [6.45, 7) is 7.16. The fourth-order valence-electron chi connectivity index (χ4n) is 2.48. The van der Waals surface area contributed by atoms with Crippen LogP contribution < -0.4 is 5.73 Å². The number of hydrogen-bond acceptors (Lipinski definition) is 5. The standard InChI is InChI=1S/C14H22N4O2/c1-8-9(2)18(6-11(20-5)7-19-4)14-12(8)13(15)16-10(3)17-14/h11H,6-7H2,1-5H3,(H2,15,16,17). The van der Waals surface area contributed by atoms with E-state index in [1.165, 1.54) is 0 Å². The Morgan fingerprint density at radius 2 is 1.90 bits per heavy atom. The lowest BCUT2D eigenvalue weighted by molar-refractivity contribution is 0.0187. The molecule has 20 heavy (non-hydrogen) atoms. The molecular weight excluding hydrogens is 256 g/mol. The molecule has 0 aliphatic rings. The van der Waals surface area contributed by atoms with Crippen LogP contribution >= 0.6 is 0 Å². The van der Waals surface area contributed by atoms with Gasteiger partial charge < -0.3 is 19.8 Å². The third-order valence-corrected chi connectivity index (χ3v) is 3.68. The van der Waals surface area contributed by atoms with Crippen LogP contribution in [-0.4, -0.2) is 41.5 Å². The SMILES string of the molecule is COCC(Cn1c(C)c(C)c2c(N)nc(C)nc21)OC. The number of ether oxygens (including phenoxy) is 2. The number of nitrogen functional groups attached to an aromatic ring is 1. The topological polar surface area (TPSA) is 75.2 Å². The van der Waals surface area contributed by atoms with Crippen molar-refractivity contribution in [3.63, 3.8) is 0 Å². The van der Waals surface area contributed by atoms with Gasteiger partial charge in [0.2, 0.25) is 0 Å². The van der Waals surface area contributed by atoms with Gasteiger partial charge >= 0.3 is 0 Å². The monoisotopic (exact) mass is 278 g/mol. The quantitative estimate of drug-likeness (QED) is 0.899. The lowest BCUT2D eigenvalue weighted by Crippen LogP contribution is -2.24. The van der Waals surface area contributed by atoms with Crippen molar-refractivity contribution in [1.82, 2.24) is 14.5 Å². The van der Waals surface area contributed by atoms with Crippen LogP contribution in [0.1, 0.15) is 17.1 Å². The second-order valence-electron chi connectivity index (χ2n) is 4.99. The van der Waals surface area contributed by atoms with Gasteiger partial charge in [-0.3, -0.25) is 0 Å². The van der Waals surface area contributed by atoms with Crippen molar-refractivity contribution in [2.24, 2.45) is 0 Å². The van der Waals surface area contributed by atoms with Gasteiger partial charge in [-0.1, -0.05) is 0 Å². The molecule has 0 saturated heterocycles. The van der Waals surface area contributed by atoms with E-state index >= 15 is 0 Å². The summed E-state index contributed by atoms with van der Waals surface area (Å²) in [5, 5.41) is 0.931. The van der Waals surface area contributed by atoms with E-state index in [2.05, 4.69) is 21.5 Å². The average Bonchev–Trinajstić information content (AvgIpc) is 2.63. The maximum absolute atomic E-state index is 6.04. The molecule has 0 amide bonds. The number of rotatable bonds is 5. The van der Waals surface area contributed by atoms with Crippen molar-refractivity contribution >= 4 is 16.9 Å². The molecule has 0 aromatic carbocycles. The fraction of sp³-hybridized carbons (Fsp3) is 0.571. The second kappa shape index (κ2) is 5.76. The van der Waals surface area contributed by atoms with Gasteiger partial charge in [0.25, 0.3) is 0 Å². The van der Waals surface area contributed by atoms with Crippen molar-refractivity contribution in [3.8, 4) is 0 Å². The number of aryl methyl sites for hydroxylation is 2. The van der Waals surface area contributed by atoms with E-state index in [0.29, 0.717) is 24.8 Å². The molecule has 0 fully saturated rings. The van der Waals surface area contributed by atoms with E-state index in [9.17, 15) is 0 Å². The largest absolute Gasteiger partial charge is 0.383 e. The zero-order valence-corrected chi connectivity index (χ0v) is 12.7. The third-order valence-electron chi connectivity index (χ3n) is 3.68. The number of fused-ring (bicyclic) bond motifs is 1. The Bertz CT molecular complexity index is 621. The van der Waals surface area contributed by atoms with Gasteiger partial charge in [-0.2, -0.15) is 0 Å². The highest BCUT2D eigenvalue weighted by Crippen LogP contribution is 2.28. The molecular formula is C14H22N4O2. The van der Waals surface area contributed by atoms with Gasteiger partial charge in [0.15, 0.2) is 0 Å². The summed E-state index contributed by atoms with van der Waals surface area (Å²) in [4.78, 5) is 8.79. The molecule has 2 heterocycles. The van der Waals surface area contributed by atoms with E-state index in [4.69, 9.17) is 15.2 Å². The van der Waals surface area contributed by atoms with Gasteiger partial charge in [-0.05, 0) is 26.3 Å². The number of nitrogens with two attached hydrogens (primary N) is 1. The molecule has 0 saturated carbocycles. The van der Waals surface area contributed by atoms with Gasteiger partial charge in [0.05, 0.1) is 24.6 Å². The van der Waals surface area contributed by atoms with Crippen LogP contribution in [0.3, 0.4) is 0 Å². The Hall–Kier alpha value is -1.66. The molecule has 0 aliphatic carbocycles. The Morgan fingerprint density at radius 1 is 1.20 bits per heavy atom. The van der Waals surface area contributed by atoms with Crippen LogP contribution in [0.5, 0.6) is 0 Å². The maximum atomic E-state index is 6.04. The molecule has 2 rings (SSSR count). The molecule has 6 heteroatoms. The summed E-state index contributed by atoms with van der Waals surface area (Å²) in [6.07, 6.45) is -0.0230. The first kappa shape index (κ1) is 14.7. The summed E-state index contributed by atoms with van der Waals surface area (Å²) < 4.78 is 12.8. The summed E-state index contributed by atoms with van der Waals surface area (Å²) in [6, 6.07) is 0. The molecule has 0 aliphatic heterocycles. The molecule has 0 bridgehead atoms. The Labute approximate surface area is 118 Å². The van der Waals surface area contributed by atoms with Crippen LogP contribution in [0.15, 0.2) is 0 Å². The highest BCUT2D eigenvalue weighted by molar-refractivity contribution is 5.91. The van der Waals surface area contributed by atoms with Gasteiger partial charge in [0, 0.05) is 19.9 Å². The van der Waals surface area contributed by atoms with Crippen LogP contribution in [-0.2, 0) is 16.0 Å². The van der Waals surface area contributed by atoms with Gasteiger partial charge in [-0.25, -0.2) is 9.97 Å². The van der Waals surface area contributed by atoms with E-state index in [0.717, 1.165) is 22.3 Å². The first-order valence-corrected chi connectivity index (χ1v) is 6.60. The van der Waals surface area contributed by atoms with Crippen molar-refractivity contribution in [2.45, 2.75) is 33.4 Å². The Kier molecular flexibility index (Phi) is 4.25. The number of methoxy groups -OCH3 is 2.